The predicted octanol–water partition coefficient (Wildman–Crippen LogP) is 0.315. The van der Waals surface area contributed by atoms with Gasteiger partial charge in [0.25, 0.3) is 0 Å². The number of hydrogen-bond acceptors (Lipinski definition) is 6. The summed E-state index contributed by atoms with van der Waals surface area (Å²) < 4.78 is 35.3. The highest BCUT2D eigenvalue weighted by atomic mass is 32.2. The number of carbonyl (C=O) groups is 2. The van der Waals surface area contributed by atoms with Gasteiger partial charge in [0.1, 0.15) is 0 Å². The molecular formula is C12H15NO6S. The molecule has 1 aromatic carbocycles. The Morgan fingerprint density at radius 3 is 2.40 bits per heavy atom. The summed E-state index contributed by atoms with van der Waals surface area (Å²) in [5.74, 6) is -1.28. The van der Waals surface area contributed by atoms with E-state index in [9.17, 15) is 18.0 Å². The van der Waals surface area contributed by atoms with Crippen molar-refractivity contribution in [3.63, 3.8) is 0 Å². The number of ether oxygens (including phenoxy) is 2. The number of hydrogen-bond donors (Lipinski definition) is 1. The van der Waals surface area contributed by atoms with Crippen molar-refractivity contribution >= 4 is 22.0 Å². The van der Waals surface area contributed by atoms with Crippen LogP contribution in [0.15, 0.2) is 29.2 Å². The summed E-state index contributed by atoms with van der Waals surface area (Å²) in [6.45, 7) is -0.121. The van der Waals surface area contributed by atoms with Crippen LogP contribution >= 0.6 is 0 Å². The highest BCUT2D eigenvalue weighted by Gasteiger charge is 2.22. The summed E-state index contributed by atoms with van der Waals surface area (Å²) in [7, 11) is -1.53. The lowest BCUT2D eigenvalue weighted by Crippen LogP contribution is -2.28. The monoisotopic (exact) mass is 301 g/mol. The molecule has 20 heavy (non-hydrogen) atoms. The van der Waals surface area contributed by atoms with Crippen LogP contribution in [-0.4, -0.2) is 41.1 Å². The number of benzene rings is 1. The first kappa shape index (κ1) is 16.1. The van der Waals surface area contributed by atoms with Crippen LogP contribution in [0.2, 0.25) is 0 Å². The number of carbonyl (C=O) groups excluding carboxylic acids is 2. The second kappa shape index (κ2) is 7.01. The third-order valence-corrected chi connectivity index (χ3v) is 3.95. The minimum absolute atomic E-state index is 0.0689. The summed E-state index contributed by atoms with van der Waals surface area (Å²) in [6, 6.07) is 5.65. The number of nitrogens with one attached hydrogen (secondary N) is 1. The van der Waals surface area contributed by atoms with Gasteiger partial charge in [-0.2, -0.15) is 0 Å². The molecule has 0 amide bonds. The van der Waals surface area contributed by atoms with Crippen LogP contribution in [0.1, 0.15) is 16.8 Å². The second-order valence-corrected chi connectivity index (χ2v) is 5.45. The molecule has 1 aromatic rings. The maximum Gasteiger partial charge on any atom is 0.339 e. The Bertz CT molecular complexity index is 596. The second-order valence-electron chi connectivity index (χ2n) is 3.71. The van der Waals surface area contributed by atoms with E-state index in [1.807, 2.05) is 0 Å². The van der Waals surface area contributed by atoms with E-state index in [2.05, 4.69) is 14.2 Å². The first-order valence-corrected chi connectivity index (χ1v) is 7.14. The van der Waals surface area contributed by atoms with Gasteiger partial charge in [0.15, 0.2) is 0 Å². The van der Waals surface area contributed by atoms with Gasteiger partial charge in [-0.1, -0.05) is 12.1 Å². The zero-order valence-electron chi connectivity index (χ0n) is 11.1. The first-order chi connectivity index (χ1) is 9.42. The van der Waals surface area contributed by atoms with Crippen molar-refractivity contribution in [1.82, 2.24) is 4.72 Å². The molecule has 1 N–H and O–H groups in total. The van der Waals surface area contributed by atoms with E-state index >= 15 is 0 Å². The summed E-state index contributed by atoms with van der Waals surface area (Å²) in [4.78, 5) is 22.2. The van der Waals surface area contributed by atoms with Gasteiger partial charge < -0.3 is 9.47 Å². The van der Waals surface area contributed by atoms with E-state index in [-0.39, 0.29) is 23.4 Å². The van der Waals surface area contributed by atoms with Gasteiger partial charge in [-0.05, 0) is 12.1 Å². The fraction of sp³-hybridized carbons (Fsp3) is 0.333. The van der Waals surface area contributed by atoms with Crippen molar-refractivity contribution in [3.05, 3.63) is 29.8 Å². The molecule has 0 unspecified atom stereocenters. The largest absolute Gasteiger partial charge is 0.469 e. The van der Waals surface area contributed by atoms with Gasteiger partial charge in [-0.25, -0.2) is 17.9 Å². The lowest BCUT2D eigenvalue weighted by Gasteiger charge is -2.09. The molecule has 0 fully saturated rings. The van der Waals surface area contributed by atoms with Crippen molar-refractivity contribution < 1.29 is 27.5 Å². The van der Waals surface area contributed by atoms with Gasteiger partial charge in [0.05, 0.1) is 31.1 Å². The van der Waals surface area contributed by atoms with Gasteiger partial charge in [0.2, 0.25) is 10.0 Å². The molecule has 0 saturated heterocycles. The summed E-state index contributed by atoms with van der Waals surface area (Å²) >= 11 is 0. The van der Waals surface area contributed by atoms with E-state index in [4.69, 9.17) is 0 Å². The minimum Gasteiger partial charge on any atom is -0.469 e. The van der Waals surface area contributed by atoms with Crippen LogP contribution in [0.4, 0.5) is 0 Å². The molecule has 0 saturated carbocycles. The first-order valence-electron chi connectivity index (χ1n) is 5.66. The maximum absolute atomic E-state index is 12.1. The molecule has 1 rings (SSSR count). The molecular weight excluding hydrogens is 286 g/mol. The molecule has 0 aliphatic carbocycles. The summed E-state index contributed by atoms with van der Waals surface area (Å²) in [5.41, 5.74) is -0.0689. The molecule has 0 aromatic heterocycles. The Labute approximate surface area is 116 Å². The number of rotatable bonds is 6. The van der Waals surface area contributed by atoms with E-state index < -0.39 is 22.0 Å². The highest BCUT2D eigenvalue weighted by Crippen LogP contribution is 2.16. The highest BCUT2D eigenvalue weighted by molar-refractivity contribution is 7.89. The zero-order valence-corrected chi connectivity index (χ0v) is 11.9. The van der Waals surface area contributed by atoms with Crippen LogP contribution in [0.3, 0.4) is 0 Å². The third-order valence-electron chi connectivity index (χ3n) is 2.43. The van der Waals surface area contributed by atoms with Gasteiger partial charge in [0, 0.05) is 6.54 Å². The van der Waals surface area contributed by atoms with Gasteiger partial charge in [-0.15, -0.1) is 0 Å². The number of sulfonamides is 1. The molecule has 0 heterocycles. The van der Waals surface area contributed by atoms with E-state index in [1.54, 1.807) is 0 Å². The Hall–Kier alpha value is -1.93. The Morgan fingerprint density at radius 1 is 1.15 bits per heavy atom. The molecule has 0 aliphatic rings. The number of esters is 2. The van der Waals surface area contributed by atoms with Crippen molar-refractivity contribution in [2.24, 2.45) is 0 Å². The predicted molar refractivity (Wildman–Crippen MR) is 69.6 cm³/mol. The maximum atomic E-state index is 12.1. The molecule has 8 heteroatoms. The molecule has 0 atom stereocenters. The SMILES string of the molecule is COC(=O)CCNS(=O)(=O)c1ccccc1C(=O)OC. The Balaban J connectivity index is 2.93. The average Bonchev–Trinajstić information content (AvgIpc) is 2.46. The van der Waals surface area contributed by atoms with Crippen LogP contribution in [-0.2, 0) is 24.3 Å². The van der Waals surface area contributed by atoms with Crippen LogP contribution in [0.25, 0.3) is 0 Å². The van der Waals surface area contributed by atoms with Gasteiger partial charge in [-0.3, -0.25) is 4.79 Å². The van der Waals surface area contributed by atoms with Crippen LogP contribution in [0.5, 0.6) is 0 Å². The molecule has 7 nitrogen and oxygen atoms in total. The van der Waals surface area contributed by atoms with E-state index in [1.165, 1.54) is 31.4 Å². The lowest BCUT2D eigenvalue weighted by molar-refractivity contribution is -0.140. The Kier molecular flexibility index (Phi) is 5.66. The molecule has 0 aliphatic heterocycles. The summed E-state index contributed by atoms with van der Waals surface area (Å²) in [5, 5.41) is 0. The fourth-order valence-electron chi connectivity index (χ4n) is 1.45. The molecule has 0 radical (unpaired) electrons. The van der Waals surface area contributed by atoms with Crippen molar-refractivity contribution in [3.8, 4) is 0 Å². The molecule has 0 bridgehead atoms. The molecule has 0 spiro atoms. The minimum atomic E-state index is -3.91. The average molecular weight is 301 g/mol. The number of methoxy groups -OCH3 is 2. The smallest absolute Gasteiger partial charge is 0.339 e. The van der Waals surface area contributed by atoms with Crippen molar-refractivity contribution in [1.29, 1.82) is 0 Å². The summed E-state index contributed by atoms with van der Waals surface area (Å²) in [6.07, 6.45) is -0.101. The van der Waals surface area contributed by atoms with Crippen molar-refractivity contribution in [2.75, 3.05) is 20.8 Å². The zero-order chi connectivity index (χ0) is 15.2. The topological polar surface area (TPSA) is 98.8 Å². The Morgan fingerprint density at radius 2 is 1.80 bits per heavy atom. The molecule has 110 valence electrons. The van der Waals surface area contributed by atoms with Crippen LogP contribution < -0.4 is 4.72 Å². The lowest BCUT2D eigenvalue weighted by atomic mass is 10.2. The third kappa shape index (κ3) is 4.04. The quantitative estimate of drug-likeness (QED) is 0.759. The van der Waals surface area contributed by atoms with E-state index in [0.717, 1.165) is 7.11 Å². The standard InChI is InChI=1S/C12H15NO6S/c1-18-11(14)7-8-13-20(16,17)10-6-4-3-5-9(10)12(15)19-2/h3-6,13H,7-8H2,1-2H3. The van der Waals surface area contributed by atoms with Gasteiger partial charge >= 0.3 is 11.9 Å². The van der Waals surface area contributed by atoms with Crippen LogP contribution in [0, 0.1) is 0 Å². The van der Waals surface area contributed by atoms with Crippen molar-refractivity contribution in [2.45, 2.75) is 11.3 Å². The normalized spacial score (nSPS) is 10.9. The van der Waals surface area contributed by atoms with E-state index in [0.29, 0.717) is 0 Å². The fourth-order valence-corrected chi connectivity index (χ4v) is 2.67.